The quantitative estimate of drug-likeness (QED) is 0.639. The Bertz CT molecular complexity index is 131. The lowest BCUT2D eigenvalue weighted by molar-refractivity contribution is 0.136. The highest BCUT2D eigenvalue weighted by Gasteiger charge is 2.08. The van der Waals surface area contributed by atoms with Gasteiger partial charge in [-0.25, -0.2) is 0 Å². The van der Waals surface area contributed by atoms with Crippen LogP contribution in [0.2, 0.25) is 0 Å². The van der Waals surface area contributed by atoms with Gasteiger partial charge in [0.05, 0.1) is 6.61 Å². The van der Waals surface area contributed by atoms with Crippen LogP contribution in [0.1, 0.15) is 34.1 Å². The molecule has 0 aliphatic heterocycles. The molecule has 0 aromatic heterocycles. The predicted molar refractivity (Wildman–Crippen MR) is 73.1 cm³/mol. The monoisotopic (exact) mass is 232 g/mol. The predicted octanol–water partition coefficient (Wildman–Crippen LogP) is 2.32. The topological polar surface area (TPSA) is 15.7 Å². The summed E-state index contributed by atoms with van der Waals surface area (Å²) in [5, 5.41) is 0. The molecule has 0 saturated carbocycles. The minimum atomic E-state index is 0.638. The van der Waals surface area contributed by atoms with Crippen molar-refractivity contribution in [2.45, 2.75) is 40.2 Å². The van der Waals surface area contributed by atoms with Crippen molar-refractivity contribution in [1.29, 1.82) is 0 Å². The van der Waals surface area contributed by atoms with Crippen molar-refractivity contribution in [2.75, 3.05) is 47.4 Å². The Morgan fingerprint density at radius 1 is 1.12 bits per heavy atom. The van der Waals surface area contributed by atoms with Gasteiger partial charge in [-0.05, 0) is 40.5 Å². The second-order valence-corrected chi connectivity index (χ2v) is 4.01. The summed E-state index contributed by atoms with van der Waals surface area (Å²) in [5.74, 6) is 0. The Balaban J connectivity index is 0. The normalized spacial score (nSPS) is 12.6. The molecule has 0 aromatic carbocycles. The zero-order chi connectivity index (χ0) is 13.0. The summed E-state index contributed by atoms with van der Waals surface area (Å²) in [4.78, 5) is 4.70. The zero-order valence-corrected chi connectivity index (χ0v) is 12.4. The molecule has 1 atom stereocenters. The molecule has 100 valence electrons. The van der Waals surface area contributed by atoms with Crippen molar-refractivity contribution in [2.24, 2.45) is 0 Å². The molecule has 0 rings (SSSR count). The third-order valence-electron chi connectivity index (χ3n) is 2.87. The maximum atomic E-state index is 5.06. The molecular formula is C13H32N2O. The van der Waals surface area contributed by atoms with E-state index in [1.165, 1.54) is 13.0 Å². The highest BCUT2D eigenvalue weighted by molar-refractivity contribution is 4.64. The van der Waals surface area contributed by atoms with Crippen molar-refractivity contribution >= 4 is 0 Å². The highest BCUT2D eigenvalue weighted by atomic mass is 16.5. The molecule has 0 radical (unpaired) electrons. The average molecular weight is 232 g/mol. The van der Waals surface area contributed by atoms with Gasteiger partial charge < -0.3 is 14.5 Å². The van der Waals surface area contributed by atoms with Gasteiger partial charge >= 0.3 is 0 Å². The molecule has 0 aromatic rings. The minimum absolute atomic E-state index is 0.638. The van der Waals surface area contributed by atoms with Gasteiger partial charge in [-0.1, -0.05) is 20.8 Å². The van der Waals surface area contributed by atoms with Gasteiger partial charge in [0.2, 0.25) is 0 Å². The SMILES string of the molecule is CC.CCN(C)CCC(C)N(C)CCOC. The Hall–Kier alpha value is -0.120. The lowest BCUT2D eigenvalue weighted by Gasteiger charge is -2.26. The summed E-state index contributed by atoms with van der Waals surface area (Å²) >= 11 is 0. The van der Waals surface area contributed by atoms with E-state index >= 15 is 0 Å². The van der Waals surface area contributed by atoms with E-state index < -0.39 is 0 Å². The summed E-state index contributed by atoms with van der Waals surface area (Å²) in [6, 6.07) is 0.638. The molecule has 0 aliphatic rings. The van der Waals surface area contributed by atoms with Crippen LogP contribution in [0.5, 0.6) is 0 Å². The number of hydrogen-bond acceptors (Lipinski definition) is 3. The Morgan fingerprint density at radius 2 is 1.69 bits per heavy atom. The maximum absolute atomic E-state index is 5.06. The molecule has 0 spiro atoms. The number of nitrogens with zero attached hydrogens (tertiary/aromatic N) is 2. The van der Waals surface area contributed by atoms with Gasteiger partial charge in [0, 0.05) is 19.7 Å². The van der Waals surface area contributed by atoms with Crippen molar-refractivity contribution in [3.05, 3.63) is 0 Å². The largest absolute Gasteiger partial charge is 0.383 e. The van der Waals surface area contributed by atoms with Crippen LogP contribution in [0.15, 0.2) is 0 Å². The second kappa shape index (κ2) is 12.9. The maximum Gasteiger partial charge on any atom is 0.0589 e. The molecule has 0 amide bonds. The second-order valence-electron chi connectivity index (χ2n) is 4.01. The standard InChI is InChI=1S/C11H26N2O.C2H6/c1-6-12(3)8-7-11(2)13(4)9-10-14-5;1-2/h11H,6-10H2,1-5H3;1-2H3. The van der Waals surface area contributed by atoms with E-state index in [0.717, 1.165) is 19.7 Å². The average Bonchev–Trinajstić information content (AvgIpc) is 2.34. The number of rotatable bonds is 8. The van der Waals surface area contributed by atoms with Crippen molar-refractivity contribution < 1.29 is 4.74 Å². The molecule has 0 fully saturated rings. The minimum Gasteiger partial charge on any atom is -0.383 e. The van der Waals surface area contributed by atoms with E-state index in [4.69, 9.17) is 4.74 Å². The van der Waals surface area contributed by atoms with Crippen LogP contribution in [-0.4, -0.2) is 63.3 Å². The summed E-state index contributed by atoms with van der Waals surface area (Å²) in [6.45, 7) is 12.6. The van der Waals surface area contributed by atoms with E-state index in [9.17, 15) is 0 Å². The number of hydrogen-bond donors (Lipinski definition) is 0. The molecule has 3 heteroatoms. The summed E-state index contributed by atoms with van der Waals surface area (Å²) in [7, 11) is 6.08. The lowest BCUT2D eigenvalue weighted by atomic mass is 10.2. The van der Waals surface area contributed by atoms with Crippen LogP contribution in [-0.2, 0) is 4.74 Å². The van der Waals surface area contributed by atoms with Crippen LogP contribution < -0.4 is 0 Å². The van der Waals surface area contributed by atoms with E-state index in [0.29, 0.717) is 6.04 Å². The molecule has 1 unspecified atom stereocenters. The first-order chi connectivity index (χ1) is 7.61. The van der Waals surface area contributed by atoms with Crippen molar-refractivity contribution in [3.63, 3.8) is 0 Å². The summed E-state index contributed by atoms with van der Waals surface area (Å²) in [6.07, 6.45) is 1.23. The van der Waals surface area contributed by atoms with Gasteiger partial charge in [0.25, 0.3) is 0 Å². The molecular weight excluding hydrogens is 200 g/mol. The van der Waals surface area contributed by atoms with Crippen LogP contribution >= 0.6 is 0 Å². The molecule has 0 saturated heterocycles. The first-order valence-electron chi connectivity index (χ1n) is 6.49. The number of likely N-dealkylation sites (N-methyl/N-ethyl adjacent to an activating group) is 1. The lowest BCUT2D eigenvalue weighted by Crippen LogP contribution is -2.34. The molecule has 3 nitrogen and oxygen atoms in total. The first kappa shape index (κ1) is 18.3. The molecule has 0 heterocycles. The third-order valence-corrected chi connectivity index (χ3v) is 2.87. The smallest absolute Gasteiger partial charge is 0.0589 e. The van der Waals surface area contributed by atoms with Gasteiger partial charge in [0.15, 0.2) is 0 Å². The number of methoxy groups -OCH3 is 1. The fourth-order valence-electron chi connectivity index (χ4n) is 1.24. The van der Waals surface area contributed by atoms with Gasteiger partial charge in [-0.2, -0.15) is 0 Å². The van der Waals surface area contributed by atoms with Gasteiger partial charge in [-0.15, -0.1) is 0 Å². The Morgan fingerprint density at radius 3 is 2.12 bits per heavy atom. The third kappa shape index (κ3) is 10.4. The van der Waals surface area contributed by atoms with Crippen LogP contribution in [0.25, 0.3) is 0 Å². The van der Waals surface area contributed by atoms with Crippen LogP contribution in [0.3, 0.4) is 0 Å². The fraction of sp³-hybridized carbons (Fsp3) is 1.00. The van der Waals surface area contributed by atoms with Crippen LogP contribution in [0.4, 0.5) is 0 Å². The summed E-state index contributed by atoms with van der Waals surface area (Å²) < 4.78 is 5.06. The van der Waals surface area contributed by atoms with E-state index in [-0.39, 0.29) is 0 Å². The van der Waals surface area contributed by atoms with Crippen LogP contribution in [0, 0.1) is 0 Å². The van der Waals surface area contributed by atoms with E-state index in [1.54, 1.807) is 7.11 Å². The number of ether oxygens (including phenoxy) is 1. The fourth-order valence-corrected chi connectivity index (χ4v) is 1.24. The van der Waals surface area contributed by atoms with Crippen molar-refractivity contribution in [1.82, 2.24) is 9.80 Å². The first-order valence-corrected chi connectivity index (χ1v) is 6.49. The van der Waals surface area contributed by atoms with E-state index in [2.05, 4.69) is 37.7 Å². The highest BCUT2D eigenvalue weighted by Crippen LogP contribution is 2.01. The van der Waals surface area contributed by atoms with Crippen molar-refractivity contribution in [3.8, 4) is 0 Å². The van der Waals surface area contributed by atoms with E-state index in [1.807, 2.05) is 13.8 Å². The van der Waals surface area contributed by atoms with Gasteiger partial charge in [0.1, 0.15) is 0 Å². The molecule has 0 N–H and O–H groups in total. The Labute approximate surface area is 103 Å². The molecule has 0 aliphatic carbocycles. The molecule has 16 heavy (non-hydrogen) atoms. The molecule has 0 bridgehead atoms. The zero-order valence-electron chi connectivity index (χ0n) is 12.4. The summed E-state index contributed by atoms with van der Waals surface area (Å²) in [5.41, 5.74) is 0. The Kier molecular flexibility index (Phi) is 14.8. The van der Waals surface area contributed by atoms with Gasteiger partial charge in [-0.3, -0.25) is 0 Å².